The fraction of sp³-hybridized carbons (Fsp3) is 1.00. The van der Waals surface area contributed by atoms with Gasteiger partial charge in [0.25, 0.3) is 0 Å². The van der Waals surface area contributed by atoms with Gasteiger partial charge in [0.1, 0.15) is 0 Å². The second kappa shape index (κ2) is 6.17. The minimum Gasteiger partial charge on any atom is -0.374 e. The van der Waals surface area contributed by atoms with Crippen LogP contribution < -0.4 is 5.32 Å². The van der Waals surface area contributed by atoms with Crippen LogP contribution in [0.25, 0.3) is 0 Å². The highest BCUT2D eigenvalue weighted by molar-refractivity contribution is 4.85. The second-order valence-corrected chi connectivity index (χ2v) is 5.97. The first kappa shape index (κ1) is 13.3. The van der Waals surface area contributed by atoms with Crippen LogP contribution in [0.2, 0.25) is 0 Å². The molecule has 100 valence electrons. The third kappa shape index (κ3) is 3.43. The molecule has 1 aliphatic carbocycles. The number of nitrogens with one attached hydrogen (secondary N) is 1. The normalized spacial score (nSPS) is 40.4. The van der Waals surface area contributed by atoms with Crippen LogP contribution in [0.3, 0.4) is 0 Å². The fourth-order valence-electron chi connectivity index (χ4n) is 3.28. The van der Waals surface area contributed by atoms with Crippen molar-refractivity contribution in [1.29, 1.82) is 0 Å². The number of likely N-dealkylation sites (N-methyl/N-ethyl adjacent to an activating group) is 1. The summed E-state index contributed by atoms with van der Waals surface area (Å²) in [6.45, 7) is 8.97. The first-order valence-corrected chi connectivity index (χ1v) is 7.21. The van der Waals surface area contributed by atoms with Gasteiger partial charge in [0, 0.05) is 25.7 Å². The quantitative estimate of drug-likeness (QED) is 0.813. The molecule has 1 heterocycles. The van der Waals surface area contributed by atoms with Gasteiger partial charge in [-0.25, -0.2) is 0 Å². The number of rotatable bonds is 3. The lowest BCUT2D eigenvalue weighted by molar-refractivity contribution is -0.0515. The molecule has 0 radical (unpaired) electrons. The molecule has 0 amide bonds. The molecular formula is C14H28N2O. The number of morpholine rings is 1. The third-order valence-electron chi connectivity index (χ3n) is 4.69. The van der Waals surface area contributed by atoms with E-state index in [1.54, 1.807) is 0 Å². The SMILES string of the molecule is CNCC1CN(C2CCC(C)C(C)C2)CCO1. The highest BCUT2D eigenvalue weighted by Crippen LogP contribution is 2.32. The van der Waals surface area contributed by atoms with Crippen LogP contribution in [-0.4, -0.2) is 50.3 Å². The van der Waals surface area contributed by atoms with Gasteiger partial charge in [0.05, 0.1) is 12.7 Å². The Labute approximate surface area is 106 Å². The smallest absolute Gasteiger partial charge is 0.0826 e. The molecule has 0 spiro atoms. The Bertz CT molecular complexity index is 232. The van der Waals surface area contributed by atoms with Gasteiger partial charge in [0.15, 0.2) is 0 Å². The van der Waals surface area contributed by atoms with E-state index in [1.165, 1.54) is 19.3 Å². The molecule has 0 bridgehead atoms. The fourth-order valence-corrected chi connectivity index (χ4v) is 3.28. The van der Waals surface area contributed by atoms with Gasteiger partial charge in [-0.15, -0.1) is 0 Å². The molecule has 2 rings (SSSR count). The van der Waals surface area contributed by atoms with Crippen molar-refractivity contribution < 1.29 is 4.74 Å². The molecule has 1 saturated carbocycles. The van der Waals surface area contributed by atoms with Crippen LogP contribution in [0.4, 0.5) is 0 Å². The minimum absolute atomic E-state index is 0.392. The Morgan fingerprint density at radius 1 is 1.24 bits per heavy atom. The first-order chi connectivity index (χ1) is 8.20. The van der Waals surface area contributed by atoms with E-state index in [4.69, 9.17) is 4.74 Å². The summed E-state index contributed by atoms with van der Waals surface area (Å²) in [5.74, 6) is 1.81. The topological polar surface area (TPSA) is 24.5 Å². The van der Waals surface area contributed by atoms with Crippen molar-refractivity contribution in [2.75, 3.05) is 33.3 Å². The molecule has 4 unspecified atom stereocenters. The molecular weight excluding hydrogens is 212 g/mol. The Hall–Kier alpha value is -0.120. The summed E-state index contributed by atoms with van der Waals surface area (Å²) in [5, 5.41) is 3.23. The van der Waals surface area contributed by atoms with Crippen molar-refractivity contribution in [3.63, 3.8) is 0 Å². The second-order valence-electron chi connectivity index (χ2n) is 5.97. The number of hydrogen-bond donors (Lipinski definition) is 1. The van der Waals surface area contributed by atoms with Crippen molar-refractivity contribution in [2.24, 2.45) is 11.8 Å². The molecule has 4 atom stereocenters. The zero-order valence-electron chi connectivity index (χ0n) is 11.6. The van der Waals surface area contributed by atoms with E-state index in [0.717, 1.165) is 44.1 Å². The van der Waals surface area contributed by atoms with Crippen LogP contribution in [0.1, 0.15) is 33.1 Å². The van der Waals surface area contributed by atoms with E-state index >= 15 is 0 Å². The molecule has 1 saturated heterocycles. The highest BCUT2D eigenvalue weighted by Gasteiger charge is 2.31. The van der Waals surface area contributed by atoms with Crippen LogP contribution in [0.5, 0.6) is 0 Å². The Morgan fingerprint density at radius 2 is 2.06 bits per heavy atom. The Balaban J connectivity index is 1.84. The minimum atomic E-state index is 0.392. The summed E-state index contributed by atoms with van der Waals surface area (Å²) < 4.78 is 5.78. The van der Waals surface area contributed by atoms with E-state index in [0.29, 0.717) is 6.10 Å². The molecule has 0 aromatic rings. The van der Waals surface area contributed by atoms with Crippen molar-refractivity contribution in [3.05, 3.63) is 0 Å². The van der Waals surface area contributed by atoms with Crippen LogP contribution in [0, 0.1) is 11.8 Å². The van der Waals surface area contributed by atoms with Gasteiger partial charge in [0.2, 0.25) is 0 Å². The van der Waals surface area contributed by atoms with Crippen LogP contribution in [0.15, 0.2) is 0 Å². The van der Waals surface area contributed by atoms with Gasteiger partial charge < -0.3 is 10.1 Å². The standard InChI is InChI=1S/C14H28N2O/c1-11-4-5-13(8-12(11)2)16-6-7-17-14(10-16)9-15-3/h11-15H,4-10H2,1-3H3. The zero-order chi connectivity index (χ0) is 12.3. The maximum absolute atomic E-state index is 5.78. The van der Waals surface area contributed by atoms with Crippen molar-refractivity contribution in [2.45, 2.75) is 45.3 Å². The van der Waals surface area contributed by atoms with Crippen molar-refractivity contribution >= 4 is 0 Å². The summed E-state index contributed by atoms with van der Waals surface area (Å²) in [7, 11) is 2.01. The molecule has 2 aliphatic rings. The predicted octanol–water partition coefficient (Wildman–Crippen LogP) is 1.73. The molecule has 1 N–H and O–H groups in total. The summed E-state index contributed by atoms with van der Waals surface area (Å²) in [6, 6.07) is 0.810. The lowest BCUT2D eigenvalue weighted by Crippen LogP contribution is -2.51. The highest BCUT2D eigenvalue weighted by atomic mass is 16.5. The molecule has 17 heavy (non-hydrogen) atoms. The van der Waals surface area contributed by atoms with E-state index in [2.05, 4.69) is 24.1 Å². The average Bonchev–Trinajstić information content (AvgIpc) is 2.33. The Kier molecular flexibility index (Phi) is 4.83. The maximum Gasteiger partial charge on any atom is 0.0826 e. The van der Waals surface area contributed by atoms with Crippen LogP contribution >= 0.6 is 0 Å². The van der Waals surface area contributed by atoms with E-state index in [-0.39, 0.29) is 0 Å². The molecule has 0 aromatic carbocycles. The molecule has 3 heteroatoms. The first-order valence-electron chi connectivity index (χ1n) is 7.21. The van der Waals surface area contributed by atoms with Gasteiger partial charge >= 0.3 is 0 Å². The van der Waals surface area contributed by atoms with E-state index in [1.807, 2.05) is 7.05 Å². The molecule has 0 aromatic heterocycles. The molecule has 3 nitrogen and oxygen atoms in total. The summed E-state index contributed by atoms with van der Waals surface area (Å²) in [4.78, 5) is 2.67. The predicted molar refractivity (Wildman–Crippen MR) is 71.2 cm³/mol. The largest absolute Gasteiger partial charge is 0.374 e. The Morgan fingerprint density at radius 3 is 2.76 bits per heavy atom. The molecule has 1 aliphatic heterocycles. The third-order valence-corrected chi connectivity index (χ3v) is 4.69. The summed E-state index contributed by atoms with van der Waals surface area (Å²) in [5.41, 5.74) is 0. The maximum atomic E-state index is 5.78. The van der Waals surface area contributed by atoms with Gasteiger partial charge in [-0.1, -0.05) is 13.8 Å². The average molecular weight is 240 g/mol. The van der Waals surface area contributed by atoms with E-state index in [9.17, 15) is 0 Å². The summed E-state index contributed by atoms with van der Waals surface area (Å²) in [6.07, 6.45) is 4.56. The lowest BCUT2D eigenvalue weighted by atomic mass is 9.78. The number of hydrogen-bond acceptors (Lipinski definition) is 3. The van der Waals surface area contributed by atoms with E-state index < -0.39 is 0 Å². The monoisotopic (exact) mass is 240 g/mol. The number of nitrogens with zero attached hydrogens (tertiary/aromatic N) is 1. The van der Waals surface area contributed by atoms with Crippen molar-refractivity contribution in [3.8, 4) is 0 Å². The van der Waals surface area contributed by atoms with Crippen molar-refractivity contribution in [1.82, 2.24) is 10.2 Å². The van der Waals surface area contributed by atoms with Gasteiger partial charge in [-0.2, -0.15) is 0 Å². The number of ether oxygens (including phenoxy) is 1. The van der Waals surface area contributed by atoms with Gasteiger partial charge in [-0.05, 0) is 38.1 Å². The summed E-state index contributed by atoms with van der Waals surface area (Å²) >= 11 is 0. The zero-order valence-corrected chi connectivity index (χ0v) is 11.6. The lowest BCUT2D eigenvalue weighted by Gasteiger charge is -2.43. The van der Waals surface area contributed by atoms with Crippen LogP contribution in [-0.2, 0) is 4.74 Å². The van der Waals surface area contributed by atoms with Gasteiger partial charge in [-0.3, -0.25) is 4.90 Å². The molecule has 2 fully saturated rings.